The number of aromatic hydroxyl groups is 1. The summed E-state index contributed by atoms with van der Waals surface area (Å²) < 4.78 is 1.33. The minimum absolute atomic E-state index is 0.206. The van der Waals surface area contributed by atoms with Crippen molar-refractivity contribution in [1.29, 1.82) is 0 Å². The van der Waals surface area contributed by atoms with Gasteiger partial charge in [0.2, 0.25) is 0 Å². The molecule has 0 saturated carbocycles. The Labute approximate surface area is 189 Å². The van der Waals surface area contributed by atoms with Crippen LogP contribution in [-0.2, 0) is 11.3 Å². The van der Waals surface area contributed by atoms with Gasteiger partial charge >= 0.3 is 12.0 Å². The lowest BCUT2D eigenvalue weighted by Gasteiger charge is -2.18. The zero-order valence-electron chi connectivity index (χ0n) is 17.2. The third-order valence-electron chi connectivity index (χ3n) is 4.81. The standard InChI is InChI=1S/C23H22ClN3O5/c1-14-2-6-16(7-3-14)18(12-20(29)30)25-23(32)26-21-19(28)10-11-27(22(21)31)13-15-4-8-17(24)9-5-15/h2-11,18,28H,12-13H2,1H3,(H,29,30)(H2,25,26,32)/t18-/m0/s1. The van der Waals surface area contributed by atoms with Crippen molar-refractivity contribution in [3.8, 4) is 5.75 Å². The maximum absolute atomic E-state index is 12.8. The monoisotopic (exact) mass is 455 g/mol. The topological polar surface area (TPSA) is 121 Å². The van der Waals surface area contributed by atoms with E-state index in [1.165, 1.54) is 16.8 Å². The zero-order valence-corrected chi connectivity index (χ0v) is 18.0. The Bertz CT molecular complexity index is 1170. The molecular formula is C23H22ClN3O5. The molecule has 0 fully saturated rings. The third kappa shape index (κ3) is 5.89. The molecule has 3 aromatic rings. The number of anilines is 1. The van der Waals surface area contributed by atoms with Crippen molar-refractivity contribution < 1.29 is 19.8 Å². The van der Waals surface area contributed by atoms with Crippen molar-refractivity contribution in [2.24, 2.45) is 0 Å². The SMILES string of the molecule is Cc1ccc([C@H](CC(=O)O)NC(=O)Nc2c(O)ccn(Cc3ccc(Cl)cc3)c2=O)cc1. The van der Waals surface area contributed by atoms with Crippen molar-refractivity contribution in [2.75, 3.05) is 5.32 Å². The minimum atomic E-state index is -1.09. The molecule has 0 saturated heterocycles. The molecule has 0 aliphatic rings. The Hall–Kier alpha value is -3.78. The van der Waals surface area contributed by atoms with E-state index >= 15 is 0 Å². The van der Waals surface area contributed by atoms with Crippen LogP contribution in [0, 0.1) is 6.92 Å². The average Bonchev–Trinajstić information content (AvgIpc) is 2.74. The molecule has 1 atom stereocenters. The van der Waals surface area contributed by atoms with Gasteiger partial charge in [-0.1, -0.05) is 53.6 Å². The van der Waals surface area contributed by atoms with E-state index in [1.807, 2.05) is 19.1 Å². The first-order valence-corrected chi connectivity index (χ1v) is 10.1. The summed E-state index contributed by atoms with van der Waals surface area (Å²) in [6, 6.07) is 13.6. The van der Waals surface area contributed by atoms with Crippen LogP contribution in [0.25, 0.3) is 0 Å². The number of aryl methyl sites for hydroxylation is 1. The molecule has 4 N–H and O–H groups in total. The highest BCUT2D eigenvalue weighted by atomic mass is 35.5. The van der Waals surface area contributed by atoms with Crippen molar-refractivity contribution in [3.63, 3.8) is 0 Å². The molecule has 2 aromatic carbocycles. The molecule has 8 nitrogen and oxygen atoms in total. The van der Waals surface area contributed by atoms with Gasteiger partial charge in [-0.05, 0) is 36.2 Å². The number of nitrogens with zero attached hydrogens (tertiary/aromatic N) is 1. The van der Waals surface area contributed by atoms with Gasteiger partial charge in [0.05, 0.1) is 19.0 Å². The molecule has 0 aliphatic heterocycles. The molecule has 1 heterocycles. The number of benzene rings is 2. The highest BCUT2D eigenvalue weighted by molar-refractivity contribution is 6.30. The largest absolute Gasteiger partial charge is 0.505 e. The lowest BCUT2D eigenvalue weighted by molar-refractivity contribution is -0.137. The molecule has 3 rings (SSSR count). The second-order valence-corrected chi connectivity index (χ2v) is 7.73. The van der Waals surface area contributed by atoms with Crippen molar-refractivity contribution in [1.82, 2.24) is 9.88 Å². The molecule has 0 aliphatic carbocycles. The van der Waals surface area contributed by atoms with Gasteiger partial charge in [-0.2, -0.15) is 0 Å². The van der Waals surface area contributed by atoms with Crippen LogP contribution in [0.3, 0.4) is 0 Å². The van der Waals surface area contributed by atoms with E-state index in [-0.39, 0.29) is 18.7 Å². The van der Waals surface area contributed by atoms with Crippen molar-refractivity contribution in [2.45, 2.75) is 25.9 Å². The maximum Gasteiger partial charge on any atom is 0.319 e. The van der Waals surface area contributed by atoms with Crippen LogP contribution >= 0.6 is 11.6 Å². The lowest BCUT2D eigenvalue weighted by atomic mass is 10.0. The summed E-state index contributed by atoms with van der Waals surface area (Å²) in [4.78, 5) is 36.6. The smallest absolute Gasteiger partial charge is 0.319 e. The van der Waals surface area contributed by atoms with Gasteiger partial charge < -0.3 is 25.4 Å². The number of urea groups is 1. The molecule has 166 valence electrons. The van der Waals surface area contributed by atoms with Crippen LogP contribution in [0.5, 0.6) is 5.75 Å². The number of hydrogen-bond acceptors (Lipinski definition) is 4. The molecule has 1 aromatic heterocycles. The van der Waals surface area contributed by atoms with Crippen molar-refractivity contribution in [3.05, 3.63) is 92.9 Å². The number of carbonyl (C=O) groups excluding carboxylic acids is 1. The first-order chi connectivity index (χ1) is 15.2. The predicted molar refractivity (Wildman–Crippen MR) is 121 cm³/mol. The summed E-state index contributed by atoms with van der Waals surface area (Å²) in [6.45, 7) is 2.10. The summed E-state index contributed by atoms with van der Waals surface area (Å²) in [6.07, 6.45) is 1.06. The van der Waals surface area contributed by atoms with Gasteiger partial charge in [-0.15, -0.1) is 0 Å². The Morgan fingerprint density at radius 2 is 1.72 bits per heavy atom. The summed E-state index contributed by atoms with van der Waals surface area (Å²) >= 11 is 5.88. The van der Waals surface area contributed by atoms with Crippen LogP contribution in [0.15, 0.2) is 65.6 Å². The van der Waals surface area contributed by atoms with Crippen LogP contribution in [0.4, 0.5) is 10.5 Å². The fourth-order valence-corrected chi connectivity index (χ4v) is 3.25. The number of aliphatic carboxylic acids is 1. The first-order valence-electron chi connectivity index (χ1n) is 9.75. The van der Waals surface area contributed by atoms with Gasteiger partial charge in [-0.25, -0.2) is 4.79 Å². The molecule has 9 heteroatoms. The molecule has 0 spiro atoms. The minimum Gasteiger partial charge on any atom is -0.505 e. The lowest BCUT2D eigenvalue weighted by Crippen LogP contribution is -2.36. The fourth-order valence-electron chi connectivity index (χ4n) is 3.13. The number of halogens is 1. The van der Waals surface area contributed by atoms with Gasteiger partial charge in [0.25, 0.3) is 5.56 Å². The predicted octanol–water partition coefficient (Wildman–Crippen LogP) is 3.90. The Kier molecular flexibility index (Phi) is 7.17. The number of carbonyl (C=O) groups is 2. The van der Waals surface area contributed by atoms with E-state index < -0.39 is 29.4 Å². The van der Waals surface area contributed by atoms with Crippen LogP contribution in [0.2, 0.25) is 5.02 Å². The number of nitrogens with one attached hydrogen (secondary N) is 2. The van der Waals surface area contributed by atoms with E-state index in [1.54, 1.807) is 36.4 Å². The second-order valence-electron chi connectivity index (χ2n) is 7.30. The van der Waals surface area contributed by atoms with E-state index in [9.17, 15) is 24.6 Å². The second kappa shape index (κ2) is 10.0. The number of hydrogen-bond donors (Lipinski definition) is 4. The first kappa shape index (κ1) is 22.9. The summed E-state index contributed by atoms with van der Waals surface area (Å²) in [5.74, 6) is -1.49. The van der Waals surface area contributed by atoms with E-state index in [4.69, 9.17) is 11.6 Å². The van der Waals surface area contributed by atoms with Gasteiger partial charge in [0.15, 0.2) is 5.69 Å². The molecule has 2 amide bonds. The number of carboxylic acid groups (broad SMARTS) is 1. The van der Waals surface area contributed by atoms with Crippen LogP contribution in [0.1, 0.15) is 29.2 Å². The highest BCUT2D eigenvalue weighted by Gasteiger charge is 2.20. The molecule has 0 radical (unpaired) electrons. The summed E-state index contributed by atoms with van der Waals surface area (Å²) in [5.41, 5.74) is 1.48. The maximum atomic E-state index is 12.8. The normalized spacial score (nSPS) is 11.6. The van der Waals surface area contributed by atoms with Crippen molar-refractivity contribution >= 4 is 29.3 Å². The number of rotatable bonds is 7. The zero-order chi connectivity index (χ0) is 23.3. The number of amides is 2. The Balaban J connectivity index is 1.79. The molecular weight excluding hydrogens is 434 g/mol. The van der Waals surface area contributed by atoms with Crippen LogP contribution in [-0.4, -0.2) is 26.8 Å². The molecule has 0 unspecified atom stereocenters. The molecule has 0 bridgehead atoms. The van der Waals surface area contributed by atoms with E-state index in [0.29, 0.717) is 10.6 Å². The van der Waals surface area contributed by atoms with Gasteiger partial charge in [0.1, 0.15) is 5.75 Å². The van der Waals surface area contributed by atoms with Crippen LogP contribution < -0.4 is 16.2 Å². The van der Waals surface area contributed by atoms with E-state index in [2.05, 4.69) is 10.6 Å². The van der Waals surface area contributed by atoms with Gasteiger partial charge in [-0.3, -0.25) is 9.59 Å². The number of aromatic nitrogens is 1. The summed E-state index contributed by atoms with van der Waals surface area (Å²) in [5, 5.41) is 24.8. The third-order valence-corrected chi connectivity index (χ3v) is 5.06. The average molecular weight is 456 g/mol. The quantitative estimate of drug-likeness (QED) is 0.430. The fraction of sp³-hybridized carbons (Fsp3) is 0.174. The summed E-state index contributed by atoms with van der Waals surface area (Å²) in [7, 11) is 0. The highest BCUT2D eigenvalue weighted by Crippen LogP contribution is 2.21. The van der Waals surface area contributed by atoms with Gasteiger partial charge in [0, 0.05) is 11.2 Å². The number of carboxylic acids is 1. The molecule has 32 heavy (non-hydrogen) atoms. The Morgan fingerprint density at radius 3 is 2.34 bits per heavy atom. The van der Waals surface area contributed by atoms with E-state index in [0.717, 1.165) is 11.1 Å². The number of pyridine rings is 1. The Morgan fingerprint density at radius 1 is 1.06 bits per heavy atom.